The molecule has 1 aliphatic rings. The SMILES string of the molecule is N=C(OC(N)=NC1N=C(c2ccccc2)c2ccccc2NC1=O)c1nc2ccccc2cc1NCCCCO. The van der Waals surface area contributed by atoms with Gasteiger partial charge in [-0.3, -0.25) is 10.2 Å². The second kappa shape index (κ2) is 12.2. The molecule has 0 saturated carbocycles. The summed E-state index contributed by atoms with van der Waals surface area (Å²) in [4.78, 5) is 26.6. The van der Waals surface area contributed by atoms with Gasteiger partial charge in [-0.05, 0) is 31.0 Å². The Morgan fingerprint density at radius 2 is 1.80 bits per heavy atom. The number of aliphatic hydroxyl groups is 1. The lowest BCUT2D eigenvalue weighted by Gasteiger charge is -2.14. The van der Waals surface area contributed by atoms with Crippen LogP contribution in [0.2, 0.25) is 0 Å². The second-order valence-electron chi connectivity index (χ2n) is 9.09. The van der Waals surface area contributed by atoms with Gasteiger partial charge in [0, 0.05) is 29.7 Å². The highest BCUT2D eigenvalue weighted by atomic mass is 16.5. The van der Waals surface area contributed by atoms with Gasteiger partial charge in [0.25, 0.3) is 11.9 Å². The molecule has 1 aromatic heterocycles. The number of pyridine rings is 1. The van der Waals surface area contributed by atoms with Gasteiger partial charge in [0.2, 0.25) is 12.1 Å². The van der Waals surface area contributed by atoms with Crippen molar-refractivity contribution in [3.63, 3.8) is 0 Å². The molecule has 1 unspecified atom stereocenters. The van der Waals surface area contributed by atoms with E-state index in [0.717, 1.165) is 22.9 Å². The van der Waals surface area contributed by atoms with Crippen LogP contribution in [0.4, 0.5) is 11.4 Å². The van der Waals surface area contributed by atoms with Gasteiger partial charge in [0.15, 0.2) is 0 Å². The summed E-state index contributed by atoms with van der Waals surface area (Å²) < 4.78 is 5.58. The van der Waals surface area contributed by atoms with E-state index in [9.17, 15) is 4.79 Å². The van der Waals surface area contributed by atoms with Crippen molar-refractivity contribution in [3.05, 3.63) is 102 Å². The first-order chi connectivity index (χ1) is 19.5. The molecule has 1 amide bonds. The number of hydrogen-bond acceptors (Lipinski definition) is 8. The van der Waals surface area contributed by atoms with Crippen LogP contribution in [0.5, 0.6) is 0 Å². The number of amides is 1. The molecule has 0 radical (unpaired) electrons. The van der Waals surface area contributed by atoms with Crippen molar-refractivity contribution < 1.29 is 14.6 Å². The normalized spacial score (nSPS) is 15.0. The van der Waals surface area contributed by atoms with E-state index in [0.29, 0.717) is 35.6 Å². The van der Waals surface area contributed by atoms with Crippen LogP contribution in [0.3, 0.4) is 0 Å². The van der Waals surface area contributed by atoms with E-state index in [2.05, 4.69) is 25.6 Å². The van der Waals surface area contributed by atoms with Crippen molar-refractivity contribution >= 4 is 45.8 Å². The minimum absolute atomic E-state index is 0.102. The van der Waals surface area contributed by atoms with Gasteiger partial charge in [-0.25, -0.2) is 9.98 Å². The first-order valence-electron chi connectivity index (χ1n) is 12.9. The Morgan fingerprint density at radius 1 is 1.05 bits per heavy atom. The molecule has 6 N–H and O–H groups in total. The lowest BCUT2D eigenvalue weighted by atomic mass is 10.0. The molecule has 2 heterocycles. The van der Waals surface area contributed by atoms with Gasteiger partial charge < -0.3 is 26.2 Å². The maximum atomic E-state index is 13.1. The Hall–Kier alpha value is -5.09. The number of anilines is 2. The summed E-state index contributed by atoms with van der Waals surface area (Å²) in [6.45, 7) is 0.676. The molecule has 202 valence electrons. The lowest BCUT2D eigenvalue weighted by Crippen LogP contribution is -2.29. The van der Waals surface area contributed by atoms with Gasteiger partial charge in [-0.1, -0.05) is 66.7 Å². The smallest absolute Gasteiger partial charge is 0.291 e. The maximum Gasteiger partial charge on any atom is 0.291 e. The molecule has 0 fully saturated rings. The first-order valence-corrected chi connectivity index (χ1v) is 12.9. The van der Waals surface area contributed by atoms with E-state index >= 15 is 0 Å². The van der Waals surface area contributed by atoms with Crippen LogP contribution < -0.4 is 16.4 Å². The number of nitrogens with zero attached hydrogens (tertiary/aromatic N) is 3. The van der Waals surface area contributed by atoms with Crippen LogP contribution in [0, 0.1) is 5.41 Å². The molecule has 0 saturated heterocycles. The summed E-state index contributed by atoms with van der Waals surface area (Å²) in [6, 6.07) is 25.9. The predicted molar refractivity (Wildman–Crippen MR) is 157 cm³/mol. The van der Waals surface area contributed by atoms with Crippen LogP contribution in [0.25, 0.3) is 10.9 Å². The molecule has 4 aromatic rings. The zero-order chi connectivity index (χ0) is 27.9. The number of aromatic nitrogens is 1. The zero-order valence-corrected chi connectivity index (χ0v) is 21.7. The number of rotatable bonds is 8. The summed E-state index contributed by atoms with van der Waals surface area (Å²) in [5.41, 5.74) is 10.4. The summed E-state index contributed by atoms with van der Waals surface area (Å²) in [6.07, 6.45) is 0.146. The number of carbonyl (C=O) groups excluding carboxylic acids is 1. The molecule has 0 aliphatic carbocycles. The highest BCUT2D eigenvalue weighted by Crippen LogP contribution is 2.25. The number of benzene rings is 3. The van der Waals surface area contributed by atoms with E-state index in [1.165, 1.54) is 0 Å². The summed E-state index contributed by atoms with van der Waals surface area (Å²) >= 11 is 0. The summed E-state index contributed by atoms with van der Waals surface area (Å²) in [7, 11) is 0. The van der Waals surface area contributed by atoms with E-state index in [1.54, 1.807) is 6.07 Å². The molecule has 1 atom stereocenters. The topological polar surface area (TPSA) is 158 Å². The number of ether oxygens (including phenoxy) is 1. The third-order valence-corrected chi connectivity index (χ3v) is 6.27. The van der Waals surface area contributed by atoms with Crippen molar-refractivity contribution in [1.29, 1.82) is 5.41 Å². The Kier molecular flexibility index (Phi) is 8.07. The number of aliphatic hydroxyl groups excluding tert-OH is 1. The fourth-order valence-electron chi connectivity index (χ4n) is 4.34. The minimum atomic E-state index is -1.24. The van der Waals surface area contributed by atoms with Crippen LogP contribution >= 0.6 is 0 Å². The van der Waals surface area contributed by atoms with Crippen molar-refractivity contribution in [1.82, 2.24) is 4.98 Å². The molecule has 0 spiro atoms. The van der Waals surface area contributed by atoms with Gasteiger partial charge in [-0.2, -0.15) is 4.99 Å². The molecule has 0 bridgehead atoms. The second-order valence-corrected chi connectivity index (χ2v) is 9.09. The van der Waals surface area contributed by atoms with E-state index in [4.69, 9.17) is 21.0 Å². The average Bonchev–Trinajstić information content (AvgIpc) is 3.11. The summed E-state index contributed by atoms with van der Waals surface area (Å²) in [5, 5.41) is 24.7. The summed E-state index contributed by atoms with van der Waals surface area (Å²) in [5.74, 6) is -0.812. The van der Waals surface area contributed by atoms with Crippen molar-refractivity contribution in [2.45, 2.75) is 19.0 Å². The number of nitrogens with one attached hydrogen (secondary N) is 3. The fourth-order valence-corrected chi connectivity index (χ4v) is 4.34. The largest absolute Gasteiger partial charge is 0.405 e. The highest BCUT2D eigenvalue weighted by Gasteiger charge is 2.26. The molecule has 10 nitrogen and oxygen atoms in total. The van der Waals surface area contributed by atoms with Crippen molar-refractivity contribution in [3.8, 4) is 0 Å². The molecular formula is C30H29N7O3. The standard InChI is InChI=1S/C30H29N7O3/c31-27(26-24(33-16-8-9-17-38)18-20-12-4-6-14-22(20)34-26)40-30(32)37-28-29(39)35-23-15-7-5-13-21(23)25(36-28)19-10-2-1-3-11-19/h1-7,10-15,18,28,31,33,38H,8-9,16-17H2,(H2,32,37)(H,35,39). The van der Waals surface area contributed by atoms with E-state index < -0.39 is 18.1 Å². The number of fused-ring (bicyclic) bond motifs is 2. The van der Waals surface area contributed by atoms with Gasteiger partial charge >= 0.3 is 0 Å². The van der Waals surface area contributed by atoms with Crippen LogP contribution in [0.1, 0.15) is 29.7 Å². The Morgan fingerprint density at radius 3 is 2.62 bits per heavy atom. The van der Waals surface area contributed by atoms with Gasteiger partial charge in [-0.15, -0.1) is 0 Å². The molecule has 3 aromatic carbocycles. The van der Waals surface area contributed by atoms with Crippen molar-refractivity contribution in [2.75, 3.05) is 23.8 Å². The maximum absolute atomic E-state index is 13.1. The number of benzodiazepines with no additional fused rings is 1. The van der Waals surface area contributed by atoms with E-state index in [-0.39, 0.29) is 18.2 Å². The quantitative estimate of drug-likeness (QED) is 0.131. The molecule has 1 aliphatic heterocycles. The van der Waals surface area contributed by atoms with Crippen molar-refractivity contribution in [2.24, 2.45) is 15.7 Å². The molecule has 10 heteroatoms. The van der Waals surface area contributed by atoms with Crippen LogP contribution in [-0.4, -0.2) is 52.9 Å². The Labute approximate surface area is 231 Å². The zero-order valence-electron chi connectivity index (χ0n) is 21.7. The lowest BCUT2D eigenvalue weighted by molar-refractivity contribution is -0.117. The number of nitrogens with two attached hydrogens (primary N) is 1. The fraction of sp³-hybridized carbons (Fsp3) is 0.167. The number of aliphatic imine (C=N–C) groups is 2. The van der Waals surface area contributed by atoms with Crippen LogP contribution in [0.15, 0.2) is 94.9 Å². The molecule has 5 rings (SSSR count). The highest BCUT2D eigenvalue weighted by molar-refractivity contribution is 6.19. The number of unbranched alkanes of at least 4 members (excludes halogenated alkanes) is 1. The monoisotopic (exact) mass is 535 g/mol. The predicted octanol–water partition coefficient (Wildman–Crippen LogP) is 3.89. The molecular weight excluding hydrogens is 506 g/mol. The molecule has 40 heavy (non-hydrogen) atoms. The average molecular weight is 536 g/mol. The number of amidine groups is 1. The Bertz CT molecular complexity index is 1600. The van der Waals surface area contributed by atoms with Gasteiger partial charge in [0.1, 0.15) is 5.69 Å². The number of hydrogen-bond donors (Lipinski definition) is 5. The van der Waals surface area contributed by atoms with Crippen LogP contribution in [-0.2, 0) is 9.53 Å². The minimum Gasteiger partial charge on any atom is -0.405 e. The number of carbonyl (C=O) groups is 1. The first kappa shape index (κ1) is 26.5. The van der Waals surface area contributed by atoms with Gasteiger partial charge in [0.05, 0.1) is 22.6 Å². The van der Waals surface area contributed by atoms with E-state index in [1.807, 2.05) is 78.9 Å². The number of para-hydroxylation sites is 2. The third-order valence-electron chi connectivity index (χ3n) is 6.27. The third kappa shape index (κ3) is 5.97. The Balaban J connectivity index is 1.44.